The molecule has 0 saturated heterocycles. The van der Waals surface area contributed by atoms with E-state index < -0.39 is 0 Å². The van der Waals surface area contributed by atoms with Gasteiger partial charge >= 0.3 is 0 Å². The minimum atomic E-state index is 0.408. The van der Waals surface area contributed by atoms with Gasteiger partial charge in [-0.05, 0) is 37.3 Å². The molecule has 0 atom stereocenters. The van der Waals surface area contributed by atoms with Crippen molar-refractivity contribution in [1.29, 1.82) is 0 Å². The van der Waals surface area contributed by atoms with E-state index in [1.54, 1.807) is 0 Å². The Balaban J connectivity index is 3.45. The third-order valence-corrected chi connectivity index (χ3v) is 2.23. The van der Waals surface area contributed by atoms with Crippen molar-refractivity contribution < 1.29 is 0 Å². The molecule has 0 aliphatic heterocycles. The summed E-state index contributed by atoms with van der Waals surface area (Å²) >= 11 is 0. The van der Waals surface area contributed by atoms with Gasteiger partial charge < -0.3 is 5.32 Å². The van der Waals surface area contributed by atoms with Gasteiger partial charge in [0, 0.05) is 0 Å². The van der Waals surface area contributed by atoms with Crippen LogP contribution in [0.2, 0.25) is 0 Å². The van der Waals surface area contributed by atoms with E-state index in [2.05, 4.69) is 39.6 Å². The van der Waals surface area contributed by atoms with Gasteiger partial charge in [-0.2, -0.15) is 0 Å². The molecule has 1 heteroatoms. The lowest BCUT2D eigenvalue weighted by Gasteiger charge is -2.23. The molecule has 0 aliphatic carbocycles. The van der Waals surface area contributed by atoms with Gasteiger partial charge in [0.2, 0.25) is 0 Å². The first-order valence-electron chi connectivity index (χ1n) is 5.29. The van der Waals surface area contributed by atoms with E-state index in [4.69, 9.17) is 0 Å². The van der Waals surface area contributed by atoms with Crippen molar-refractivity contribution in [2.75, 3.05) is 13.1 Å². The molecule has 0 fully saturated rings. The Morgan fingerprint density at radius 3 is 2.46 bits per heavy atom. The predicted molar refractivity (Wildman–Crippen MR) is 60.9 cm³/mol. The molecule has 0 bridgehead atoms. The van der Waals surface area contributed by atoms with Crippen LogP contribution in [-0.2, 0) is 0 Å². The number of rotatable bonds is 7. The summed E-state index contributed by atoms with van der Waals surface area (Å²) in [5, 5.41) is 3.47. The summed E-state index contributed by atoms with van der Waals surface area (Å²) in [4.78, 5) is 0. The van der Waals surface area contributed by atoms with Crippen molar-refractivity contribution in [1.82, 2.24) is 5.32 Å². The van der Waals surface area contributed by atoms with Crippen LogP contribution < -0.4 is 5.32 Å². The predicted octanol–water partition coefficient (Wildman–Crippen LogP) is 3.22. The van der Waals surface area contributed by atoms with E-state index in [9.17, 15) is 0 Å². The van der Waals surface area contributed by atoms with Crippen LogP contribution in [0.3, 0.4) is 0 Å². The highest BCUT2D eigenvalue weighted by molar-refractivity contribution is 4.79. The number of allylic oxidation sites excluding steroid dienone is 1. The van der Waals surface area contributed by atoms with E-state index >= 15 is 0 Å². The lowest BCUT2D eigenvalue weighted by molar-refractivity contribution is 0.329. The maximum Gasteiger partial charge on any atom is -0.00258 e. The van der Waals surface area contributed by atoms with Crippen molar-refractivity contribution in [2.24, 2.45) is 11.3 Å². The first kappa shape index (κ1) is 12.7. The summed E-state index contributed by atoms with van der Waals surface area (Å²) in [7, 11) is 0. The van der Waals surface area contributed by atoms with E-state index in [0.29, 0.717) is 5.41 Å². The van der Waals surface area contributed by atoms with Gasteiger partial charge in [0.05, 0.1) is 0 Å². The Labute approximate surface area is 83.6 Å². The first-order valence-corrected chi connectivity index (χ1v) is 5.29. The molecule has 1 nitrogen and oxygen atoms in total. The third-order valence-electron chi connectivity index (χ3n) is 2.23. The minimum Gasteiger partial charge on any atom is -0.316 e. The van der Waals surface area contributed by atoms with Crippen LogP contribution in [0.15, 0.2) is 12.7 Å². The van der Waals surface area contributed by atoms with Crippen LogP contribution in [0.4, 0.5) is 0 Å². The fourth-order valence-corrected chi connectivity index (χ4v) is 1.31. The number of hydrogen-bond donors (Lipinski definition) is 1. The Bertz CT molecular complexity index is 136. The second-order valence-electron chi connectivity index (χ2n) is 5.00. The molecular formula is C12H25N. The van der Waals surface area contributed by atoms with E-state index in [1.807, 2.05) is 6.08 Å². The summed E-state index contributed by atoms with van der Waals surface area (Å²) in [6.07, 6.45) is 4.35. The minimum absolute atomic E-state index is 0.408. The zero-order valence-electron chi connectivity index (χ0n) is 9.69. The van der Waals surface area contributed by atoms with Crippen molar-refractivity contribution in [3.63, 3.8) is 0 Å². The van der Waals surface area contributed by atoms with E-state index in [1.165, 1.54) is 6.42 Å². The fraction of sp³-hybridized carbons (Fsp3) is 0.833. The zero-order valence-corrected chi connectivity index (χ0v) is 9.69. The Hall–Kier alpha value is -0.300. The molecule has 13 heavy (non-hydrogen) atoms. The molecule has 0 spiro atoms. The largest absolute Gasteiger partial charge is 0.316 e. The maximum absolute atomic E-state index is 3.78. The van der Waals surface area contributed by atoms with Crippen molar-refractivity contribution in [3.8, 4) is 0 Å². The average Bonchev–Trinajstić information content (AvgIpc) is 1.98. The van der Waals surface area contributed by atoms with Gasteiger partial charge in [-0.15, -0.1) is 6.58 Å². The summed E-state index contributed by atoms with van der Waals surface area (Å²) < 4.78 is 0. The van der Waals surface area contributed by atoms with Crippen molar-refractivity contribution in [2.45, 2.75) is 40.5 Å². The SMILES string of the molecule is C=CCC(C)(C)CCNCC(C)C. The van der Waals surface area contributed by atoms with Crippen LogP contribution >= 0.6 is 0 Å². The second-order valence-corrected chi connectivity index (χ2v) is 5.00. The molecule has 0 aromatic carbocycles. The molecule has 0 aliphatic rings. The molecule has 0 heterocycles. The van der Waals surface area contributed by atoms with Gasteiger partial charge in [-0.3, -0.25) is 0 Å². The number of nitrogens with one attached hydrogen (secondary N) is 1. The van der Waals surface area contributed by atoms with Gasteiger partial charge in [-0.25, -0.2) is 0 Å². The quantitative estimate of drug-likeness (QED) is 0.472. The van der Waals surface area contributed by atoms with Crippen LogP contribution in [0.1, 0.15) is 40.5 Å². The zero-order chi connectivity index (χ0) is 10.3. The first-order chi connectivity index (χ1) is 5.98. The van der Waals surface area contributed by atoms with Gasteiger partial charge in [0.25, 0.3) is 0 Å². The molecule has 0 saturated carbocycles. The highest BCUT2D eigenvalue weighted by Crippen LogP contribution is 2.24. The summed E-state index contributed by atoms with van der Waals surface area (Å²) in [5.41, 5.74) is 0.408. The van der Waals surface area contributed by atoms with Crippen LogP contribution in [0.5, 0.6) is 0 Å². The molecule has 0 aromatic rings. The molecule has 0 aromatic heterocycles. The smallest absolute Gasteiger partial charge is 0.00258 e. The standard InChI is InChI=1S/C12H25N/c1-6-7-12(4,5)8-9-13-10-11(2)3/h6,11,13H,1,7-10H2,2-5H3. The van der Waals surface area contributed by atoms with E-state index in [0.717, 1.165) is 25.4 Å². The van der Waals surface area contributed by atoms with Crippen molar-refractivity contribution >= 4 is 0 Å². The third kappa shape index (κ3) is 8.04. The summed E-state index contributed by atoms with van der Waals surface area (Å²) in [6, 6.07) is 0. The lowest BCUT2D eigenvalue weighted by Crippen LogP contribution is -2.25. The highest BCUT2D eigenvalue weighted by atomic mass is 14.8. The molecule has 0 unspecified atom stereocenters. The molecule has 0 amide bonds. The van der Waals surface area contributed by atoms with Crippen LogP contribution in [0, 0.1) is 11.3 Å². The Morgan fingerprint density at radius 2 is 2.00 bits per heavy atom. The molecular weight excluding hydrogens is 158 g/mol. The van der Waals surface area contributed by atoms with E-state index in [-0.39, 0.29) is 0 Å². The Kier molecular flexibility index (Phi) is 6.06. The normalized spacial score (nSPS) is 12.1. The van der Waals surface area contributed by atoms with Crippen LogP contribution in [-0.4, -0.2) is 13.1 Å². The summed E-state index contributed by atoms with van der Waals surface area (Å²) in [6.45, 7) is 15.1. The van der Waals surface area contributed by atoms with Gasteiger partial charge in [-0.1, -0.05) is 33.8 Å². The monoisotopic (exact) mass is 183 g/mol. The number of hydrogen-bond acceptors (Lipinski definition) is 1. The molecule has 0 rings (SSSR count). The molecule has 0 radical (unpaired) electrons. The lowest BCUT2D eigenvalue weighted by atomic mass is 9.86. The highest BCUT2D eigenvalue weighted by Gasteiger charge is 2.14. The van der Waals surface area contributed by atoms with Gasteiger partial charge in [0.15, 0.2) is 0 Å². The van der Waals surface area contributed by atoms with Crippen LogP contribution in [0.25, 0.3) is 0 Å². The topological polar surface area (TPSA) is 12.0 Å². The average molecular weight is 183 g/mol. The molecule has 78 valence electrons. The fourth-order valence-electron chi connectivity index (χ4n) is 1.31. The Morgan fingerprint density at radius 1 is 1.38 bits per heavy atom. The summed E-state index contributed by atoms with van der Waals surface area (Å²) in [5.74, 6) is 0.752. The maximum atomic E-state index is 3.78. The molecule has 1 N–H and O–H groups in total. The van der Waals surface area contributed by atoms with Gasteiger partial charge in [0.1, 0.15) is 0 Å². The van der Waals surface area contributed by atoms with Crippen molar-refractivity contribution in [3.05, 3.63) is 12.7 Å². The second kappa shape index (κ2) is 6.20.